The number of aliphatic hydroxyl groups is 1. The van der Waals surface area contributed by atoms with E-state index in [1.165, 1.54) is 6.20 Å². The van der Waals surface area contributed by atoms with Crippen LogP contribution in [0.1, 0.15) is 5.56 Å². The first-order valence-electron chi connectivity index (χ1n) is 4.61. The van der Waals surface area contributed by atoms with Crippen molar-refractivity contribution in [1.29, 1.82) is 0 Å². The summed E-state index contributed by atoms with van der Waals surface area (Å²) in [5.74, 6) is 0. The molecular formula is C10H9N3O3. The SMILES string of the molecule is O=[N+]([O-])c1c[nH]c2ncc(C=CCO)cc12. The van der Waals surface area contributed by atoms with Crippen LogP contribution in [0.25, 0.3) is 17.1 Å². The van der Waals surface area contributed by atoms with Crippen molar-refractivity contribution in [3.63, 3.8) is 0 Å². The Kier molecular flexibility index (Phi) is 2.65. The summed E-state index contributed by atoms with van der Waals surface area (Å²) in [5.41, 5.74) is 1.19. The molecule has 2 heterocycles. The van der Waals surface area contributed by atoms with E-state index in [1.807, 2.05) is 0 Å². The molecule has 0 spiro atoms. The van der Waals surface area contributed by atoms with Gasteiger partial charge in [-0.25, -0.2) is 4.98 Å². The van der Waals surface area contributed by atoms with E-state index in [-0.39, 0.29) is 12.3 Å². The molecule has 0 aliphatic heterocycles. The van der Waals surface area contributed by atoms with Gasteiger partial charge in [0, 0.05) is 6.20 Å². The molecule has 0 unspecified atom stereocenters. The van der Waals surface area contributed by atoms with E-state index < -0.39 is 4.92 Å². The smallest absolute Gasteiger partial charge is 0.296 e. The lowest BCUT2D eigenvalue weighted by Gasteiger charge is -1.93. The fourth-order valence-corrected chi connectivity index (χ4v) is 1.44. The minimum atomic E-state index is -0.458. The fraction of sp³-hybridized carbons (Fsp3) is 0.100. The summed E-state index contributed by atoms with van der Waals surface area (Å²) in [4.78, 5) is 17.0. The zero-order chi connectivity index (χ0) is 11.5. The highest BCUT2D eigenvalue weighted by molar-refractivity contribution is 5.87. The van der Waals surface area contributed by atoms with E-state index in [1.54, 1.807) is 24.4 Å². The molecule has 0 atom stereocenters. The molecule has 0 aliphatic carbocycles. The van der Waals surface area contributed by atoms with E-state index >= 15 is 0 Å². The number of nitrogens with zero attached hydrogens (tertiary/aromatic N) is 2. The number of pyridine rings is 1. The van der Waals surface area contributed by atoms with Crippen LogP contribution in [-0.2, 0) is 0 Å². The second-order valence-electron chi connectivity index (χ2n) is 3.18. The lowest BCUT2D eigenvalue weighted by Crippen LogP contribution is -1.86. The Morgan fingerprint density at radius 1 is 1.62 bits per heavy atom. The number of nitro groups is 1. The van der Waals surface area contributed by atoms with Crippen molar-refractivity contribution >= 4 is 22.8 Å². The first kappa shape index (κ1) is 10.3. The highest BCUT2D eigenvalue weighted by atomic mass is 16.6. The van der Waals surface area contributed by atoms with Gasteiger partial charge in [-0.15, -0.1) is 0 Å². The second-order valence-corrected chi connectivity index (χ2v) is 3.18. The summed E-state index contributed by atoms with van der Waals surface area (Å²) in [5, 5.41) is 19.8. The van der Waals surface area contributed by atoms with Gasteiger partial charge in [0.2, 0.25) is 0 Å². The molecule has 0 bridgehead atoms. The van der Waals surface area contributed by atoms with Gasteiger partial charge in [0.1, 0.15) is 5.65 Å². The minimum Gasteiger partial charge on any atom is -0.392 e. The molecule has 0 aromatic carbocycles. The van der Waals surface area contributed by atoms with Crippen LogP contribution < -0.4 is 0 Å². The Bertz CT molecular complexity index is 559. The highest BCUT2D eigenvalue weighted by Crippen LogP contribution is 2.24. The van der Waals surface area contributed by atoms with E-state index in [9.17, 15) is 10.1 Å². The van der Waals surface area contributed by atoms with Gasteiger partial charge in [0.05, 0.1) is 23.1 Å². The molecule has 0 aliphatic rings. The van der Waals surface area contributed by atoms with Crippen molar-refractivity contribution in [2.75, 3.05) is 6.61 Å². The Morgan fingerprint density at radius 3 is 3.12 bits per heavy atom. The molecule has 2 rings (SSSR count). The van der Waals surface area contributed by atoms with Crippen LogP contribution >= 0.6 is 0 Å². The molecule has 2 aromatic rings. The topological polar surface area (TPSA) is 92.0 Å². The van der Waals surface area contributed by atoms with Crippen LogP contribution in [0.2, 0.25) is 0 Å². The zero-order valence-corrected chi connectivity index (χ0v) is 8.25. The minimum absolute atomic E-state index is 0.00162. The number of aliphatic hydroxyl groups excluding tert-OH is 1. The van der Waals surface area contributed by atoms with Crippen molar-refractivity contribution in [2.45, 2.75) is 0 Å². The third-order valence-corrected chi connectivity index (χ3v) is 2.14. The first-order valence-corrected chi connectivity index (χ1v) is 4.61. The van der Waals surface area contributed by atoms with Crippen molar-refractivity contribution < 1.29 is 10.0 Å². The van der Waals surface area contributed by atoms with Gasteiger partial charge >= 0.3 is 0 Å². The Labute approximate surface area is 90.4 Å². The second kappa shape index (κ2) is 4.11. The van der Waals surface area contributed by atoms with Gasteiger partial charge in [0.15, 0.2) is 0 Å². The van der Waals surface area contributed by atoms with E-state index in [2.05, 4.69) is 9.97 Å². The number of nitrogens with one attached hydrogen (secondary N) is 1. The normalized spacial score (nSPS) is 11.3. The monoisotopic (exact) mass is 219 g/mol. The number of aromatic nitrogens is 2. The predicted molar refractivity (Wildman–Crippen MR) is 58.9 cm³/mol. The number of H-pyrrole nitrogens is 1. The maximum Gasteiger partial charge on any atom is 0.296 e. The summed E-state index contributed by atoms with van der Waals surface area (Å²) in [6.07, 6.45) is 6.09. The summed E-state index contributed by atoms with van der Waals surface area (Å²) in [6.45, 7) is -0.0761. The number of hydrogen-bond donors (Lipinski definition) is 2. The largest absolute Gasteiger partial charge is 0.392 e. The maximum absolute atomic E-state index is 10.7. The average Bonchev–Trinajstić information content (AvgIpc) is 2.69. The molecule has 82 valence electrons. The van der Waals surface area contributed by atoms with Crippen molar-refractivity contribution in [3.05, 3.63) is 40.2 Å². The third-order valence-electron chi connectivity index (χ3n) is 2.14. The molecule has 6 heteroatoms. The van der Waals surface area contributed by atoms with E-state index in [0.717, 1.165) is 0 Å². The summed E-state index contributed by atoms with van der Waals surface area (Å²) < 4.78 is 0. The van der Waals surface area contributed by atoms with E-state index in [4.69, 9.17) is 5.11 Å². The molecule has 2 N–H and O–H groups in total. The number of rotatable bonds is 3. The molecule has 0 saturated carbocycles. The molecular weight excluding hydrogens is 210 g/mol. The number of aromatic amines is 1. The zero-order valence-electron chi connectivity index (χ0n) is 8.25. The van der Waals surface area contributed by atoms with Gasteiger partial charge in [-0.1, -0.05) is 12.2 Å². The molecule has 2 aromatic heterocycles. The van der Waals surface area contributed by atoms with Crippen LogP contribution in [0, 0.1) is 10.1 Å². The molecule has 0 fully saturated rings. The van der Waals surface area contributed by atoms with Gasteiger partial charge in [-0.05, 0) is 11.6 Å². The fourth-order valence-electron chi connectivity index (χ4n) is 1.44. The lowest BCUT2D eigenvalue weighted by molar-refractivity contribution is -0.383. The van der Waals surface area contributed by atoms with Gasteiger partial charge in [-0.3, -0.25) is 10.1 Å². The van der Waals surface area contributed by atoms with Gasteiger partial charge in [0.25, 0.3) is 5.69 Å². The first-order chi connectivity index (χ1) is 7.72. The van der Waals surface area contributed by atoms with Crippen LogP contribution in [-0.4, -0.2) is 26.6 Å². The molecule has 0 amide bonds. The standard InChI is InChI=1S/C10H9N3O3/c14-3-1-2-7-4-8-9(13(15)16)6-12-10(8)11-5-7/h1-2,4-6,14H,3H2,(H,11,12). The molecule has 0 radical (unpaired) electrons. The van der Waals surface area contributed by atoms with Gasteiger partial charge < -0.3 is 10.1 Å². The molecule has 16 heavy (non-hydrogen) atoms. The van der Waals surface area contributed by atoms with Crippen LogP contribution in [0.4, 0.5) is 5.69 Å². The highest BCUT2D eigenvalue weighted by Gasteiger charge is 2.14. The Morgan fingerprint density at radius 2 is 2.44 bits per heavy atom. The molecule has 6 nitrogen and oxygen atoms in total. The van der Waals surface area contributed by atoms with Gasteiger partial charge in [-0.2, -0.15) is 0 Å². The lowest BCUT2D eigenvalue weighted by atomic mass is 10.2. The molecule has 0 saturated heterocycles. The van der Waals surface area contributed by atoms with Crippen molar-refractivity contribution in [1.82, 2.24) is 9.97 Å². The third kappa shape index (κ3) is 1.78. The maximum atomic E-state index is 10.7. The Hall–Kier alpha value is -2.21. The number of hydrogen-bond acceptors (Lipinski definition) is 4. The number of fused-ring (bicyclic) bond motifs is 1. The van der Waals surface area contributed by atoms with E-state index in [0.29, 0.717) is 16.6 Å². The van der Waals surface area contributed by atoms with Crippen LogP contribution in [0.5, 0.6) is 0 Å². The summed E-state index contributed by atoms with van der Waals surface area (Å²) in [7, 11) is 0. The van der Waals surface area contributed by atoms with Crippen molar-refractivity contribution in [2.24, 2.45) is 0 Å². The predicted octanol–water partition coefficient (Wildman–Crippen LogP) is 1.48. The van der Waals surface area contributed by atoms with Crippen LogP contribution in [0.3, 0.4) is 0 Å². The summed E-state index contributed by atoms with van der Waals surface area (Å²) >= 11 is 0. The summed E-state index contributed by atoms with van der Waals surface area (Å²) in [6, 6.07) is 1.66. The average molecular weight is 219 g/mol. The van der Waals surface area contributed by atoms with Crippen molar-refractivity contribution in [3.8, 4) is 0 Å². The quantitative estimate of drug-likeness (QED) is 0.604. The van der Waals surface area contributed by atoms with Crippen LogP contribution in [0.15, 0.2) is 24.5 Å². The Balaban J connectivity index is 2.54.